The van der Waals surface area contributed by atoms with Crippen LogP contribution in [0.2, 0.25) is 0 Å². The minimum Gasteiger partial charge on any atom is -0.496 e. The number of nitrogens with zero attached hydrogens (tertiary/aromatic N) is 2. The molecule has 0 aliphatic heterocycles. The number of carbonyl (C=O) groups excluding carboxylic acids is 1. The molecule has 0 bridgehead atoms. The Morgan fingerprint density at radius 3 is 2.56 bits per heavy atom. The summed E-state index contributed by atoms with van der Waals surface area (Å²) >= 11 is 0. The molecular weight excluding hydrogens is 322 g/mol. The average molecular weight is 339 g/mol. The van der Waals surface area contributed by atoms with E-state index in [9.17, 15) is 4.79 Å². The average Bonchev–Trinajstić information content (AvgIpc) is 3.13. The predicted octanol–water partition coefficient (Wildman–Crippen LogP) is 3.40. The highest BCUT2D eigenvalue weighted by Crippen LogP contribution is 2.29. The maximum atomic E-state index is 12.4. The van der Waals surface area contributed by atoms with E-state index in [2.05, 4.69) is 15.5 Å². The van der Waals surface area contributed by atoms with Crippen molar-refractivity contribution in [2.24, 2.45) is 0 Å². The molecule has 2 aromatic carbocycles. The molecular formula is C18H17N3O4. The fourth-order valence-corrected chi connectivity index (χ4v) is 2.27. The maximum Gasteiger partial charge on any atom is 0.313 e. The second kappa shape index (κ2) is 7.48. The lowest BCUT2D eigenvalue weighted by atomic mass is 10.2. The largest absolute Gasteiger partial charge is 0.496 e. The van der Waals surface area contributed by atoms with Crippen LogP contribution in [0, 0.1) is 0 Å². The molecule has 0 aliphatic carbocycles. The van der Waals surface area contributed by atoms with E-state index >= 15 is 0 Å². The van der Waals surface area contributed by atoms with Gasteiger partial charge in [0.25, 0.3) is 5.89 Å². The van der Waals surface area contributed by atoms with Gasteiger partial charge in [-0.15, -0.1) is 10.2 Å². The van der Waals surface area contributed by atoms with E-state index < -0.39 is 5.91 Å². The van der Waals surface area contributed by atoms with Gasteiger partial charge in [0.05, 0.1) is 25.0 Å². The molecule has 0 radical (unpaired) electrons. The van der Waals surface area contributed by atoms with Crippen LogP contribution in [0.3, 0.4) is 0 Å². The summed E-state index contributed by atoms with van der Waals surface area (Å²) in [5.74, 6) is 0.705. The van der Waals surface area contributed by atoms with E-state index in [1.54, 1.807) is 37.4 Å². The van der Waals surface area contributed by atoms with Crippen molar-refractivity contribution in [2.75, 3.05) is 19.0 Å². The number of methoxy groups -OCH3 is 1. The topological polar surface area (TPSA) is 86.5 Å². The van der Waals surface area contributed by atoms with Crippen LogP contribution in [0.25, 0.3) is 11.5 Å². The fourth-order valence-electron chi connectivity index (χ4n) is 2.27. The summed E-state index contributed by atoms with van der Waals surface area (Å²) in [5.41, 5.74) is 1.15. The Hall–Kier alpha value is -3.35. The van der Waals surface area contributed by atoms with Crippen molar-refractivity contribution in [3.63, 3.8) is 0 Å². The van der Waals surface area contributed by atoms with Gasteiger partial charge in [-0.05, 0) is 31.2 Å². The molecule has 25 heavy (non-hydrogen) atoms. The fraction of sp³-hybridized carbons (Fsp3) is 0.167. The van der Waals surface area contributed by atoms with Gasteiger partial charge in [0.2, 0.25) is 0 Å². The first kappa shape index (κ1) is 16.5. The quantitative estimate of drug-likeness (QED) is 0.741. The molecule has 0 saturated carbocycles. The van der Waals surface area contributed by atoms with Gasteiger partial charge in [-0.25, -0.2) is 0 Å². The van der Waals surface area contributed by atoms with Crippen molar-refractivity contribution >= 4 is 11.6 Å². The van der Waals surface area contributed by atoms with Gasteiger partial charge in [0, 0.05) is 0 Å². The summed E-state index contributed by atoms with van der Waals surface area (Å²) in [5, 5.41) is 10.5. The number of hydrogen-bond acceptors (Lipinski definition) is 6. The number of aromatic nitrogens is 2. The maximum absolute atomic E-state index is 12.4. The minimum absolute atomic E-state index is 0.146. The lowest BCUT2D eigenvalue weighted by Crippen LogP contribution is -2.13. The molecule has 3 aromatic rings. The van der Waals surface area contributed by atoms with Gasteiger partial charge >= 0.3 is 11.8 Å². The number of hydrogen-bond donors (Lipinski definition) is 1. The Bertz CT molecular complexity index is 876. The number of nitrogens with one attached hydrogen (secondary N) is 1. The first-order valence-corrected chi connectivity index (χ1v) is 7.73. The summed E-state index contributed by atoms with van der Waals surface area (Å²) in [7, 11) is 1.55. The standard InChI is InChI=1S/C18H17N3O4/c1-3-24-15-11-7-5-9-13(15)19-16(22)18-21-20-17(25-18)12-8-4-6-10-14(12)23-2/h4-11H,3H2,1-2H3,(H,19,22). The van der Waals surface area contributed by atoms with Crippen molar-refractivity contribution in [3.05, 3.63) is 54.4 Å². The van der Waals surface area contributed by atoms with Crippen molar-refractivity contribution in [1.29, 1.82) is 0 Å². The first-order valence-electron chi connectivity index (χ1n) is 7.73. The number of amides is 1. The highest BCUT2D eigenvalue weighted by molar-refractivity contribution is 6.01. The molecule has 1 N–H and O–H groups in total. The molecule has 1 amide bonds. The van der Waals surface area contributed by atoms with Crippen LogP contribution in [-0.2, 0) is 0 Å². The summed E-state index contributed by atoms with van der Waals surface area (Å²) in [6.45, 7) is 2.36. The molecule has 3 rings (SSSR count). The molecule has 0 fully saturated rings. The highest BCUT2D eigenvalue weighted by atomic mass is 16.5. The molecule has 0 aliphatic rings. The minimum atomic E-state index is -0.513. The zero-order valence-electron chi connectivity index (χ0n) is 13.9. The number of anilines is 1. The molecule has 128 valence electrons. The van der Waals surface area contributed by atoms with E-state index in [4.69, 9.17) is 13.9 Å². The van der Waals surface area contributed by atoms with Crippen molar-refractivity contribution in [3.8, 4) is 23.0 Å². The van der Waals surface area contributed by atoms with E-state index in [1.807, 2.05) is 25.1 Å². The van der Waals surface area contributed by atoms with Gasteiger partial charge < -0.3 is 19.2 Å². The van der Waals surface area contributed by atoms with Crippen LogP contribution < -0.4 is 14.8 Å². The van der Waals surface area contributed by atoms with E-state index in [-0.39, 0.29) is 11.8 Å². The van der Waals surface area contributed by atoms with E-state index in [1.165, 1.54) is 0 Å². The van der Waals surface area contributed by atoms with Crippen LogP contribution in [0.1, 0.15) is 17.6 Å². The third-order valence-electron chi connectivity index (χ3n) is 3.39. The lowest BCUT2D eigenvalue weighted by molar-refractivity contribution is 0.0990. The van der Waals surface area contributed by atoms with Crippen molar-refractivity contribution < 1.29 is 18.7 Å². The Kier molecular flexibility index (Phi) is 4.94. The first-order chi connectivity index (χ1) is 12.2. The van der Waals surface area contributed by atoms with Crippen LogP contribution in [0.4, 0.5) is 5.69 Å². The number of para-hydroxylation sites is 3. The molecule has 1 heterocycles. The van der Waals surface area contributed by atoms with E-state index in [0.29, 0.717) is 29.4 Å². The molecule has 0 saturated heterocycles. The zero-order valence-corrected chi connectivity index (χ0v) is 13.9. The smallest absolute Gasteiger partial charge is 0.313 e. The zero-order chi connectivity index (χ0) is 17.6. The van der Waals surface area contributed by atoms with Gasteiger partial charge in [-0.3, -0.25) is 4.79 Å². The van der Waals surface area contributed by atoms with E-state index in [0.717, 1.165) is 0 Å². The van der Waals surface area contributed by atoms with Crippen LogP contribution in [0.5, 0.6) is 11.5 Å². The van der Waals surface area contributed by atoms with Gasteiger partial charge in [0.1, 0.15) is 11.5 Å². The lowest BCUT2D eigenvalue weighted by Gasteiger charge is -2.09. The van der Waals surface area contributed by atoms with Crippen LogP contribution in [0.15, 0.2) is 52.9 Å². The Labute approximate surface area is 144 Å². The third kappa shape index (κ3) is 3.60. The molecule has 0 atom stereocenters. The molecule has 0 unspecified atom stereocenters. The summed E-state index contributed by atoms with van der Waals surface area (Å²) in [6.07, 6.45) is 0. The second-order valence-electron chi connectivity index (χ2n) is 5.00. The molecule has 7 nitrogen and oxygen atoms in total. The Morgan fingerprint density at radius 2 is 1.80 bits per heavy atom. The number of benzene rings is 2. The summed E-state index contributed by atoms with van der Waals surface area (Å²) < 4.78 is 16.2. The number of carbonyl (C=O) groups is 1. The Balaban J connectivity index is 1.82. The van der Waals surface area contributed by atoms with Gasteiger partial charge in [0.15, 0.2) is 0 Å². The van der Waals surface area contributed by atoms with Gasteiger partial charge in [-0.1, -0.05) is 24.3 Å². The SMILES string of the molecule is CCOc1ccccc1NC(=O)c1nnc(-c2ccccc2OC)o1. The highest BCUT2D eigenvalue weighted by Gasteiger charge is 2.19. The monoisotopic (exact) mass is 339 g/mol. The van der Waals surface area contributed by atoms with Crippen molar-refractivity contribution in [2.45, 2.75) is 6.92 Å². The molecule has 0 spiro atoms. The van der Waals surface area contributed by atoms with Crippen LogP contribution in [-0.4, -0.2) is 29.8 Å². The summed E-state index contributed by atoms with van der Waals surface area (Å²) in [4.78, 5) is 12.4. The van der Waals surface area contributed by atoms with Crippen LogP contribution >= 0.6 is 0 Å². The predicted molar refractivity (Wildman–Crippen MR) is 91.9 cm³/mol. The number of rotatable bonds is 6. The normalized spacial score (nSPS) is 10.3. The van der Waals surface area contributed by atoms with Gasteiger partial charge in [-0.2, -0.15) is 0 Å². The van der Waals surface area contributed by atoms with Crippen molar-refractivity contribution in [1.82, 2.24) is 10.2 Å². The summed E-state index contributed by atoms with van der Waals surface area (Å²) in [6, 6.07) is 14.3. The second-order valence-corrected chi connectivity index (χ2v) is 5.00. The molecule has 7 heteroatoms. The number of ether oxygens (including phenoxy) is 2. The molecule has 1 aromatic heterocycles. The third-order valence-corrected chi connectivity index (χ3v) is 3.39. The Morgan fingerprint density at radius 1 is 1.08 bits per heavy atom.